The minimum Gasteiger partial charge on any atom is -0.312 e. The molecular formula is C18H37N3. The van der Waals surface area contributed by atoms with Crippen molar-refractivity contribution in [2.24, 2.45) is 5.41 Å². The summed E-state index contributed by atoms with van der Waals surface area (Å²) in [5, 5.41) is 3.84. The molecule has 3 unspecified atom stereocenters. The second-order valence-corrected chi connectivity index (χ2v) is 8.26. The lowest BCUT2D eigenvalue weighted by Crippen LogP contribution is -2.58. The SMILES string of the molecule is CCCNC1CCC(C)(C)CC1N(C)C1CCCN(C)C1. The molecule has 2 fully saturated rings. The molecule has 1 saturated carbocycles. The Bertz CT molecular complexity index is 316. The predicted molar refractivity (Wildman–Crippen MR) is 91.8 cm³/mol. The Hall–Kier alpha value is -0.120. The normalized spacial score (nSPS) is 34.3. The molecule has 0 aromatic carbocycles. The van der Waals surface area contributed by atoms with Gasteiger partial charge in [-0.2, -0.15) is 0 Å². The van der Waals surface area contributed by atoms with Crippen LogP contribution in [0.25, 0.3) is 0 Å². The molecule has 0 radical (unpaired) electrons. The van der Waals surface area contributed by atoms with Gasteiger partial charge in [-0.15, -0.1) is 0 Å². The Morgan fingerprint density at radius 2 is 2.05 bits per heavy atom. The van der Waals surface area contributed by atoms with Crippen molar-refractivity contribution in [3.05, 3.63) is 0 Å². The highest BCUT2D eigenvalue weighted by Crippen LogP contribution is 2.38. The molecule has 124 valence electrons. The van der Waals surface area contributed by atoms with E-state index in [0.717, 1.165) is 6.04 Å². The Labute approximate surface area is 132 Å². The third kappa shape index (κ3) is 4.67. The largest absolute Gasteiger partial charge is 0.312 e. The summed E-state index contributed by atoms with van der Waals surface area (Å²) in [5.41, 5.74) is 0.504. The first kappa shape index (κ1) is 17.2. The van der Waals surface area contributed by atoms with E-state index in [1.165, 1.54) is 58.2 Å². The average molecular weight is 296 g/mol. The lowest BCUT2D eigenvalue weighted by molar-refractivity contribution is 0.0304. The molecule has 0 amide bonds. The predicted octanol–water partition coefficient (Wildman–Crippen LogP) is 2.96. The molecule has 3 nitrogen and oxygen atoms in total. The van der Waals surface area contributed by atoms with Gasteiger partial charge in [-0.05, 0) is 71.1 Å². The molecule has 1 aliphatic carbocycles. The number of nitrogens with one attached hydrogen (secondary N) is 1. The fourth-order valence-corrected chi connectivity index (χ4v) is 4.29. The van der Waals surface area contributed by atoms with Crippen molar-refractivity contribution in [1.29, 1.82) is 0 Å². The standard InChI is InChI=1S/C18H37N3/c1-6-11-19-16-9-10-18(2,3)13-17(16)21(5)15-8-7-12-20(4)14-15/h15-17,19H,6-14H2,1-5H3. The van der Waals surface area contributed by atoms with Gasteiger partial charge in [0.1, 0.15) is 0 Å². The number of likely N-dealkylation sites (tertiary alicyclic amines) is 1. The average Bonchev–Trinajstić information content (AvgIpc) is 2.44. The molecule has 3 heteroatoms. The maximum absolute atomic E-state index is 3.84. The second-order valence-electron chi connectivity index (χ2n) is 8.26. The lowest BCUT2D eigenvalue weighted by Gasteiger charge is -2.49. The van der Waals surface area contributed by atoms with Gasteiger partial charge in [-0.3, -0.25) is 4.90 Å². The maximum Gasteiger partial charge on any atom is 0.0254 e. The third-order valence-corrected chi connectivity index (χ3v) is 5.71. The summed E-state index contributed by atoms with van der Waals surface area (Å²) in [7, 11) is 4.66. The van der Waals surface area contributed by atoms with E-state index in [1.807, 2.05) is 0 Å². The van der Waals surface area contributed by atoms with Crippen LogP contribution >= 0.6 is 0 Å². The second kappa shape index (κ2) is 7.43. The van der Waals surface area contributed by atoms with Gasteiger partial charge in [0.25, 0.3) is 0 Å². The van der Waals surface area contributed by atoms with Gasteiger partial charge in [0.2, 0.25) is 0 Å². The molecule has 2 rings (SSSR count). The van der Waals surface area contributed by atoms with Gasteiger partial charge in [-0.25, -0.2) is 0 Å². The summed E-state index contributed by atoms with van der Waals surface area (Å²) >= 11 is 0. The van der Waals surface area contributed by atoms with Gasteiger partial charge < -0.3 is 10.2 Å². The molecule has 1 heterocycles. The van der Waals surface area contributed by atoms with Crippen molar-refractivity contribution in [1.82, 2.24) is 15.1 Å². The van der Waals surface area contributed by atoms with Crippen LogP contribution < -0.4 is 5.32 Å². The van der Waals surface area contributed by atoms with E-state index >= 15 is 0 Å². The van der Waals surface area contributed by atoms with E-state index in [0.29, 0.717) is 17.5 Å². The number of nitrogens with zero attached hydrogens (tertiary/aromatic N) is 2. The molecule has 1 saturated heterocycles. The van der Waals surface area contributed by atoms with Crippen molar-refractivity contribution in [2.75, 3.05) is 33.7 Å². The zero-order valence-electron chi connectivity index (χ0n) is 15.0. The van der Waals surface area contributed by atoms with Gasteiger partial charge in [0.15, 0.2) is 0 Å². The van der Waals surface area contributed by atoms with Crippen LogP contribution in [0.1, 0.15) is 59.3 Å². The summed E-state index contributed by atoms with van der Waals surface area (Å²) in [6.07, 6.45) is 8.01. The first-order chi connectivity index (χ1) is 9.93. The van der Waals surface area contributed by atoms with Gasteiger partial charge in [0, 0.05) is 24.7 Å². The van der Waals surface area contributed by atoms with Gasteiger partial charge >= 0.3 is 0 Å². The zero-order chi connectivity index (χ0) is 15.5. The van der Waals surface area contributed by atoms with E-state index < -0.39 is 0 Å². The first-order valence-electron chi connectivity index (χ1n) is 9.07. The topological polar surface area (TPSA) is 18.5 Å². The number of piperidine rings is 1. The van der Waals surface area contributed by atoms with Gasteiger partial charge in [0.05, 0.1) is 0 Å². The maximum atomic E-state index is 3.84. The summed E-state index contributed by atoms with van der Waals surface area (Å²) in [4.78, 5) is 5.23. The van der Waals surface area contributed by atoms with E-state index in [1.54, 1.807) is 0 Å². The number of rotatable bonds is 5. The summed E-state index contributed by atoms with van der Waals surface area (Å²) in [6.45, 7) is 10.9. The van der Waals surface area contributed by atoms with Crippen LogP contribution in [0.5, 0.6) is 0 Å². The summed E-state index contributed by atoms with van der Waals surface area (Å²) in [5.74, 6) is 0. The molecule has 0 aromatic rings. The van der Waals surface area contributed by atoms with E-state index in [-0.39, 0.29) is 0 Å². The molecule has 0 aromatic heterocycles. The molecule has 3 atom stereocenters. The Kier molecular flexibility index (Phi) is 6.10. The first-order valence-corrected chi connectivity index (χ1v) is 9.07. The molecule has 1 N–H and O–H groups in total. The highest BCUT2D eigenvalue weighted by molar-refractivity contribution is 4.96. The summed E-state index contributed by atoms with van der Waals surface area (Å²) in [6, 6.07) is 2.14. The van der Waals surface area contributed by atoms with Crippen LogP contribution in [-0.4, -0.2) is 61.7 Å². The molecule has 0 bridgehead atoms. The third-order valence-electron chi connectivity index (χ3n) is 5.71. The molecule has 1 aliphatic heterocycles. The minimum atomic E-state index is 0.504. The minimum absolute atomic E-state index is 0.504. The Morgan fingerprint density at radius 1 is 1.29 bits per heavy atom. The van der Waals surface area contributed by atoms with Crippen molar-refractivity contribution in [3.63, 3.8) is 0 Å². The number of hydrogen-bond acceptors (Lipinski definition) is 3. The van der Waals surface area contributed by atoms with Crippen LogP contribution in [0.2, 0.25) is 0 Å². The van der Waals surface area contributed by atoms with Crippen LogP contribution in [0, 0.1) is 5.41 Å². The highest BCUT2D eigenvalue weighted by Gasteiger charge is 2.39. The van der Waals surface area contributed by atoms with Crippen molar-refractivity contribution in [2.45, 2.75) is 77.4 Å². The molecule has 0 spiro atoms. The van der Waals surface area contributed by atoms with Crippen molar-refractivity contribution < 1.29 is 0 Å². The monoisotopic (exact) mass is 295 g/mol. The van der Waals surface area contributed by atoms with E-state index in [2.05, 4.69) is 50.0 Å². The number of hydrogen-bond donors (Lipinski definition) is 1. The molecular weight excluding hydrogens is 258 g/mol. The van der Waals surface area contributed by atoms with E-state index in [4.69, 9.17) is 0 Å². The lowest BCUT2D eigenvalue weighted by atomic mass is 9.72. The van der Waals surface area contributed by atoms with Crippen LogP contribution in [0.3, 0.4) is 0 Å². The smallest absolute Gasteiger partial charge is 0.0254 e. The Morgan fingerprint density at radius 3 is 2.71 bits per heavy atom. The van der Waals surface area contributed by atoms with Gasteiger partial charge in [-0.1, -0.05) is 20.8 Å². The Balaban J connectivity index is 2.02. The highest BCUT2D eigenvalue weighted by atomic mass is 15.2. The van der Waals surface area contributed by atoms with Crippen molar-refractivity contribution in [3.8, 4) is 0 Å². The summed E-state index contributed by atoms with van der Waals surface area (Å²) < 4.78 is 0. The number of likely N-dealkylation sites (N-methyl/N-ethyl adjacent to an activating group) is 2. The van der Waals surface area contributed by atoms with E-state index in [9.17, 15) is 0 Å². The molecule has 21 heavy (non-hydrogen) atoms. The van der Waals surface area contributed by atoms with Crippen LogP contribution in [0.4, 0.5) is 0 Å². The quantitative estimate of drug-likeness (QED) is 0.841. The fraction of sp³-hybridized carbons (Fsp3) is 1.00. The van der Waals surface area contributed by atoms with Crippen molar-refractivity contribution >= 4 is 0 Å². The van der Waals surface area contributed by atoms with Crippen LogP contribution in [0.15, 0.2) is 0 Å². The fourth-order valence-electron chi connectivity index (χ4n) is 4.29. The van der Waals surface area contributed by atoms with Crippen LogP contribution in [-0.2, 0) is 0 Å². The zero-order valence-corrected chi connectivity index (χ0v) is 15.0. The molecule has 2 aliphatic rings.